The van der Waals surface area contributed by atoms with Crippen LogP contribution in [0.1, 0.15) is 6.42 Å². The number of anilines is 1. The van der Waals surface area contributed by atoms with Crippen molar-refractivity contribution in [3.8, 4) is 5.75 Å². The molecule has 0 spiro atoms. The van der Waals surface area contributed by atoms with Crippen LogP contribution in [0.4, 0.5) is 5.69 Å². The van der Waals surface area contributed by atoms with Crippen molar-refractivity contribution in [1.82, 2.24) is 0 Å². The Balaban J connectivity index is 2.65. The first-order chi connectivity index (χ1) is 6.59. The molecule has 5 nitrogen and oxygen atoms in total. The van der Waals surface area contributed by atoms with E-state index in [1.807, 2.05) is 0 Å². The largest absolute Gasteiger partial charge is 0.550 e. The molecule has 0 fully saturated rings. The third-order valence-electron chi connectivity index (χ3n) is 1.48. The molecule has 2 N–H and O–H groups in total. The van der Waals surface area contributed by atoms with E-state index in [2.05, 4.69) is 5.32 Å². The van der Waals surface area contributed by atoms with Crippen LogP contribution in [0.5, 0.6) is 5.75 Å². The average molecular weight is 194 g/mol. The number of aliphatic carboxylic acids is 1. The van der Waals surface area contributed by atoms with Gasteiger partial charge in [-0.15, -0.1) is 0 Å². The second kappa shape index (κ2) is 4.27. The van der Waals surface area contributed by atoms with Gasteiger partial charge >= 0.3 is 0 Å². The summed E-state index contributed by atoms with van der Waals surface area (Å²) < 4.78 is 0. The SMILES string of the molecule is O=C([O-])CC(=O)Nc1ccccc1O. The maximum absolute atomic E-state index is 10.9. The van der Waals surface area contributed by atoms with E-state index in [-0.39, 0.29) is 11.4 Å². The number of carbonyl (C=O) groups is 2. The summed E-state index contributed by atoms with van der Waals surface area (Å²) in [6.45, 7) is 0. The molecule has 0 unspecified atom stereocenters. The molecule has 0 bridgehead atoms. The number of phenols is 1. The van der Waals surface area contributed by atoms with E-state index in [1.165, 1.54) is 12.1 Å². The number of para-hydroxylation sites is 2. The van der Waals surface area contributed by atoms with Gasteiger partial charge in [-0.25, -0.2) is 0 Å². The van der Waals surface area contributed by atoms with Crippen LogP contribution in [0, 0.1) is 0 Å². The number of hydrogen-bond acceptors (Lipinski definition) is 4. The van der Waals surface area contributed by atoms with E-state index in [0.29, 0.717) is 0 Å². The van der Waals surface area contributed by atoms with Gasteiger partial charge in [0.1, 0.15) is 5.75 Å². The van der Waals surface area contributed by atoms with Crippen molar-refractivity contribution in [2.24, 2.45) is 0 Å². The van der Waals surface area contributed by atoms with Crippen LogP contribution in [-0.2, 0) is 9.59 Å². The molecule has 1 aromatic carbocycles. The summed E-state index contributed by atoms with van der Waals surface area (Å²) in [4.78, 5) is 21.0. The maximum Gasteiger partial charge on any atom is 0.230 e. The first-order valence-corrected chi connectivity index (χ1v) is 3.87. The highest BCUT2D eigenvalue weighted by Crippen LogP contribution is 2.21. The first kappa shape index (κ1) is 10.0. The highest BCUT2D eigenvalue weighted by Gasteiger charge is 2.05. The zero-order valence-corrected chi connectivity index (χ0v) is 7.19. The van der Waals surface area contributed by atoms with Crippen LogP contribution in [0.2, 0.25) is 0 Å². The lowest BCUT2D eigenvalue weighted by atomic mass is 10.3. The van der Waals surface area contributed by atoms with Crippen molar-refractivity contribution < 1.29 is 19.8 Å². The fraction of sp³-hybridized carbons (Fsp3) is 0.111. The highest BCUT2D eigenvalue weighted by atomic mass is 16.4. The second-order valence-electron chi connectivity index (χ2n) is 2.61. The minimum atomic E-state index is -1.46. The summed E-state index contributed by atoms with van der Waals surface area (Å²) in [6.07, 6.45) is -0.728. The molecule has 5 heteroatoms. The van der Waals surface area contributed by atoms with Crippen LogP contribution in [0.15, 0.2) is 24.3 Å². The minimum Gasteiger partial charge on any atom is -0.550 e. The molecular weight excluding hydrogens is 186 g/mol. The molecular formula is C9H8NO4-. The number of carboxylic acids is 1. The average Bonchev–Trinajstić information content (AvgIpc) is 2.07. The van der Waals surface area contributed by atoms with Gasteiger partial charge in [-0.3, -0.25) is 4.79 Å². The Bertz CT molecular complexity index is 362. The quantitative estimate of drug-likeness (QED) is 0.500. The van der Waals surface area contributed by atoms with Gasteiger partial charge in [0.2, 0.25) is 5.91 Å². The molecule has 0 aliphatic carbocycles. The van der Waals surface area contributed by atoms with E-state index in [4.69, 9.17) is 0 Å². The van der Waals surface area contributed by atoms with E-state index in [9.17, 15) is 19.8 Å². The van der Waals surface area contributed by atoms with Crippen LogP contribution in [0.25, 0.3) is 0 Å². The van der Waals surface area contributed by atoms with Gasteiger partial charge in [0.25, 0.3) is 0 Å². The summed E-state index contributed by atoms with van der Waals surface area (Å²) in [7, 11) is 0. The Labute approximate surface area is 80.0 Å². The summed E-state index contributed by atoms with van der Waals surface area (Å²) in [5.41, 5.74) is 0.179. The van der Waals surface area contributed by atoms with E-state index >= 15 is 0 Å². The van der Waals surface area contributed by atoms with Crippen LogP contribution >= 0.6 is 0 Å². The molecule has 1 rings (SSSR count). The molecule has 0 saturated heterocycles. The molecule has 14 heavy (non-hydrogen) atoms. The fourth-order valence-corrected chi connectivity index (χ4v) is 0.905. The summed E-state index contributed by atoms with van der Waals surface area (Å²) in [6, 6.07) is 6.04. The van der Waals surface area contributed by atoms with Crippen molar-refractivity contribution in [3.05, 3.63) is 24.3 Å². The normalized spacial score (nSPS) is 9.43. The Kier molecular flexibility index (Phi) is 3.06. The number of amides is 1. The van der Waals surface area contributed by atoms with Crippen molar-refractivity contribution in [2.45, 2.75) is 6.42 Å². The number of carbonyl (C=O) groups excluding carboxylic acids is 2. The van der Waals surface area contributed by atoms with Crippen LogP contribution in [-0.4, -0.2) is 17.0 Å². The molecule has 0 heterocycles. The van der Waals surface area contributed by atoms with E-state index in [0.717, 1.165) is 0 Å². The van der Waals surface area contributed by atoms with Gasteiger partial charge < -0.3 is 20.3 Å². The van der Waals surface area contributed by atoms with Gasteiger partial charge in [-0.2, -0.15) is 0 Å². The second-order valence-corrected chi connectivity index (χ2v) is 2.61. The Morgan fingerprint density at radius 3 is 2.57 bits per heavy atom. The zero-order chi connectivity index (χ0) is 10.6. The molecule has 0 saturated carbocycles. The third-order valence-corrected chi connectivity index (χ3v) is 1.48. The number of phenolic OH excluding ortho intramolecular Hbond substituents is 1. The zero-order valence-electron chi connectivity index (χ0n) is 7.19. The van der Waals surface area contributed by atoms with E-state index < -0.39 is 18.3 Å². The lowest BCUT2D eigenvalue weighted by molar-refractivity contribution is -0.304. The smallest absolute Gasteiger partial charge is 0.230 e. The summed E-state index contributed by atoms with van der Waals surface area (Å²) in [5, 5.41) is 21.5. The number of aromatic hydroxyl groups is 1. The molecule has 74 valence electrons. The molecule has 1 aromatic rings. The highest BCUT2D eigenvalue weighted by molar-refractivity contribution is 6.01. The van der Waals surface area contributed by atoms with Gasteiger partial charge in [0, 0.05) is 0 Å². The van der Waals surface area contributed by atoms with Crippen LogP contribution in [0.3, 0.4) is 0 Å². The Hall–Kier alpha value is -2.04. The maximum atomic E-state index is 10.9. The minimum absolute atomic E-state index is 0.112. The van der Waals surface area contributed by atoms with Gasteiger partial charge in [-0.05, 0) is 12.1 Å². The number of benzene rings is 1. The predicted molar refractivity (Wildman–Crippen MR) is 46.4 cm³/mol. The number of hydrogen-bond donors (Lipinski definition) is 2. The lowest BCUT2D eigenvalue weighted by Crippen LogP contribution is -2.28. The first-order valence-electron chi connectivity index (χ1n) is 3.87. The van der Waals surface area contributed by atoms with Gasteiger partial charge in [0.05, 0.1) is 18.1 Å². The molecule has 0 aromatic heterocycles. The Morgan fingerprint density at radius 1 is 1.36 bits per heavy atom. The van der Waals surface area contributed by atoms with Crippen LogP contribution < -0.4 is 10.4 Å². The van der Waals surface area contributed by atoms with Crippen molar-refractivity contribution in [3.63, 3.8) is 0 Å². The molecule has 0 aliphatic rings. The predicted octanol–water partition coefficient (Wildman–Crippen LogP) is -0.529. The number of nitrogens with one attached hydrogen (secondary N) is 1. The Morgan fingerprint density at radius 2 is 2.00 bits per heavy atom. The number of rotatable bonds is 3. The van der Waals surface area contributed by atoms with Crippen molar-refractivity contribution in [1.29, 1.82) is 0 Å². The molecule has 1 amide bonds. The lowest BCUT2D eigenvalue weighted by Gasteiger charge is -2.06. The van der Waals surface area contributed by atoms with Crippen molar-refractivity contribution in [2.75, 3.05) is 5.32 Å². The monoisotopic (exact) mass is 194 g/mol. The molecule has 0 aliphatic heterocycles. The topological polar surface area (TPSA) is 89.5 Å². The summed E-state index contributed by atoms with van der Waals surface area (Å²) in [5.74, 6) is -2.30. The summed E-state index contributed by atoms with van der Waals surface area (Å²) >= 11 is 0. The molecule has 0 radical (unpaired) electrons. The third kappa shape index (κ3) is 2.78. The number of carboxylic acid groups (broad SMARTS) is 1. The standard InChI is InChI=1S/C9H9NO4/c11-7-4-2-1-3-6(7)10-8(12)5-9(13)14/h1-4,11H,5H2,(H,10,12)(H,13,14)/p-1. The van der Waals surface area contributed by atoms with Gasteiger partial charge in [0.15, 0.2) is 0 Å². The van der Waals surface area contributed by atoms with Crippen molar-refractivity contribution >= 4 is 17.6 Å². The van der Waals surface area contributed by atoms with E-state index in [1.54, 1.807) is 12.1 Å². The fourth-order valence-electron chi connectivity index (χ4n) is 0.905. The molecule has 0 atom stereocenters. The van der Waals surface area contributed by atoms with Gasteiger partial charge in [-0.1, -0.05) is 12.1 Å².